The maximum Gasteiger partial charge on any atom is 0.333 e. The molecule has 2 rings (SSSR count). The summed E-state index contributed by atoms with van der Waals surface area (Å²) in [6.07, 6.45) is 0. The molecular formula is C14H17N3O2S. The summed E-state index contributed by atoms with van der Waals surface area (Å²) in [5.74, 6) is 0.682. The molecule has 6 heteroatoms. The maximum atomic E-state index is 11.9. The number of hydrogen-bond acceptors (Lipinski definition) is 6. The summed E-state index contributed by atoms with van der Waals surface area (Å²) in [4.78, 5) is 16.3. The molecule has 5 nitrogen and oxygen atoms in total. The van der Waals surface area contributed by atoms with Crippen LogP contribution in [0.1, 0.15) is 37.2 Å². The number of nitrogens with one attached hydrogen (secondary N) is 1. The van der Waals surface area contributed by atoms with Gasteiger partial charge in [-0.3, -0.25) is 0 Å². The Morgan fingerprint density at radius 2 is 2.00 bits per heavy atom. The predicted molar refractivity (Wildman–Crippen MR) is 78.8 cm³/mol. The van der Waals surface area contributed by atoms with Crippen LogP contribution < -0.4 is 5.32 Å². The Morgan fingerprint density at radius 1 is 1.30 bits per heavy atom. The van der Waals surface area contributed by atoms with Crippen LogP contribution in [0.25, 0.3) is 0 Å². The molecule has 0 aliphatic rings. The van der Waals surface area contributed by atoms with Crippen LogP contribution in [0.2, 0.25) is 0 Å². The van der Waals surface area contributed by atoms with Crippen molar-refractivity contribution in [3.05, 3.63) is 41.7 Å². The highest BCUT2D eigenvalue weighted by molar-refractivity contribution is 7.09. The van der Waals surface area contributed by atoms with E-state index in [1.807, 2.05) is 44.2 Å². The zero-order valence-electron chi connectivity index (χ0n) is 11.7. The quantitative estimate of drug-likeness (QED) is 0.858. The standard InChI is InChI=1S/C14H17N3O2S/c1-9(2)12-16-14(20-17-12)15-11(13(18)19-3)10-7-5-4-6-8-10/h4-9,11H,1-3H3,(H,15,16,17). The van der Waals surface area contributed by atoms with Crippen molar-refractivity contribution in [2.24, 2.45) is 0 Å². The van der Waals surface area contributed by atoms with Gasteiger partial charge in [0.25, 0.3) is 0 Å². The Hall–Kier alpha value is -1.95. The molecule has 20 heavy (non-hydrogen) atoms. The second-order valence-electron chi connectivity index (χ2n) is 4.62. The highest BCUT2D eigenvalue weighted by Gasteiger charge is 2.22. The van der Waals surface area contributed by atoms with Gasteiger partial charge in [0.1, 0.15) is 5.82 Å². The molecule has 1 N–H and O–H groups in total. The van der Waals surface area contributed by atoms with Crippen molar-refractivity contribution in [2.75, 3.05) is 12.4 Å². The molecule has 106 valence electrons. The molecule has 0 aliphatic heterocycles. The van der Waals surface area contributed by atoms with Crippen molar-refractivity contribution in [2.45, 2.75) is 25.8 Å². The summed E-state index contributed by atoms with van der Waals surface area (Å²) >= 11 is 1.25. The van der Waals surface area contributed by atoms with Gasteiger partial charge in [-0.25, -0.2) is 9.78 Å². The van der Waals surface area contributed by atoms with Crippen LogP contribution in [-0.4, -0.2) is 22.4 Å². The van der Waals surface area contributed by atoms with Crippen LogP contribution in [0, 0.1) is 0 Å². The van der Waals surface area contributed by atoms with Crippen molar-refractivity contribution in [1.82, 2.24) is 9.36 Å². The molecule has 0 spiro atoms. The molecule has 0 radical (unpaired) electrons. The van der Waals surface area contributed by atoms with E-state index in [1.54, 1.807) is 0 Å². The fourth-order valence-corrected chi connectivity index (χ4v) is 2.43. The molecule has 0 fully saturated rings. The van der Waals surface area contributed by atoms with Crippen molar-refractivity contribution in [1.29, 1.82) is 0 Å². The number of hydrogen-bond donors (Lipinski definition) is 1. The first kappa shape index (κ1) is 14.5. The van der Waals surface area contributed by atoms with E-state index in [4.69, 9.17) is 4.74 Å². The van der Waals surface area contributed by atoms with E-state index in [2.05, 4.69) is 14.7 Å². The minimum atomic E-state index is -0.575. The lowest BCUT2D eigenvalue weighted by atomic mass is 10.1. The highest BCUT2D eigenvalue weighted by atomic mass is 32.1. The number of ether oxygens (including phenoxy) is 1. The smallest absolute Gasteiger partial charge is 0.333 e. The average molecular weight is 291 g/mol. The first-order chi connectivity index (χ1) is 9.61. The Morgan fingerprint density at radius 3 is 2.55 bits per heavy atom. The summed E-state index contributed by atoms with van der Waals surface area (Å²) < 4.78 is 9.11. The van der Waals surface area contributed by atoms with E-state index in [-0.39, 0.29) is 11.9 Å². The molecule has 1 atom stereocenters. The van der Waals surface area contributed by atoms with E-state index < -0.39 is 6.04 Å². The molecular weight excluding hydrogens is 274 g/mol. The van der Waals surface area contributed by atoms with Gasteiger partial charge in [0, 0.05) is 17.5 Å². The fraction of sp³-hybridized carbons (Fsp3) is 0.357. The third-order valence-electron chi connectivity index (χ3n) is 2.80. The van der Waals surface area contributed by atoms with Gasteiger partial charge in [-0.1, -0.05) is 44.2 Å². The van der Waals surface area contributed by atoms with Crippen LogP contribution in [0.15, 0.2) is 30.3 Å². The number of carbonyl (C=O) groups is 1. The summed E-state index contributed by atoms with van der Waals surface area (Å²) in [6.45, 7) is 4.06. The number of carbonyl (C=O) groups excluding carboxylic acids is 1. The number of methoxy groups -OCH3 is 1. The summed E-state index contributed by atoms with van der Waals surface area (Å²) in [6, 6.07) is 8.84. The summed E-state index contributed by atoms with van der Waals surface area (Å²) in [5.41, 5.74) is 0.834. The summed E-state index contributed by atoms with van der Waals surface area (Å²) in [7, 11) is 1.37. The van der Waals surface area contributed by atoms with E-state index in [0.717, 1.165) is 11.4 Å². The van der Waals surface area contributed by atoms with Crippen molar-refractivity contribution in [3.8, 4) is 0 Å². The molecule has 1 heterocycles. The second kappa shape index (κ2) is 6.47. The first-order valence-electron chi connectivity index (χ1n) is 6.34. The van der Waals surface area contributed by atoms with Crippen LogP contribution in [0.4, 0.5) is 5.13 Å². The zero-order valence-corrected chi connectivity index (χ0v) is 12.5. The van der Waals surface area contributed by atoms with Gasteiger partial charge in [0.05, 0.1) is 7.11 Å². The molecule has 2 aromatic rings. The van der Waals surface area contributed by atoms with Crippen molar-refractivity contribution < 1.29 is 9.53 Å². The topological polar surface area (TPSA) is 64.1 Å². The largest absolute Gasteiger partial charge is 0.467 e. The van der Waals surface area contributed by atoms with E-state index in [9.17, 15) is 4.79 Å². The van der Waals surface area contributed by atoms with Crippen molar-refractivity contribution >= 4 is 22.6 Å². The average Bonchev–Trinajstić information content (AvgIpc) is 2.94. The molecule has 0 amide bonds. The van der Waals surface area contributed by atoms with Crippen LogP contribution in [-0.2, 0) is 9.53 Å². The Balaban J connectivity index is 2.22. The molecule has 0 saturated carbocycles. The Kier molecular flexibility index (Phi) is 4.68. The first-order valence-corrected chi connectivity index (χ1v) is 7.12. The van der Waals surface area contributed by atoms with Gasteiger partial charge in [0.2, 0.25) is 5.13 Å². The predicted octanol–water partition coefficient (Wildman–Crippen LogP) is 2.99. The Bertz CT molecular complexity index is 569. The second-order valence-corrected chi connectivity index (χ2v) is 5.38. The van der Waals surface area contributed by atoms with Gasteiger partial charge in [-0.05, 0) is 5.56 Å². The molecule has 0 aliphatic carbocycles. The monoisotopic (exact) mass is 291 g/mol. The van der Waals surface area contributed by atoms with Gasteiger partial charge >= 0.3 is 5.97 Å². The third kappa shape index (κ3) is 3.33. The van der Waals surface area contributed by atoms with Gasteiger partial charge in [-0.2, -0.15) is 4.37 Å². The lowest BCUT2D eigenvalue weighted by molar-refractivity contribution is -0.141. The molecule has 1 aromatic carbocycles. The zero-order chi connectivity index (χ0) is 14.5. The van der Waals surface area contributed by atoms with E-state index in [0.29, 0.717) is 5.13 Å². The number of anilines is 1. The maximum absolute atomic E-state index is 11.9. The van der Waals surface area contributed by atoms with Gasteiger partial charge in [-0.15, -0.1) is 0 Å². The minimum Gasteiger partial charge on any atom is -0.467 e. The molecule has 1 unspecified atom stereocenters. The number of nitrogens with zero attached hydrogens (tertiary/aromatic N) is 2. The highest BCUT2D eigenvalue weighted by Crippen LogP contribution is 2.24. The normalized spacial score (nSPS) is 12.2. The molecule has 0 saturated heterocycles. The number of benzene rings is 1. The van der Waals surface area contributed by atoms with Crippen LogP contribution >= 0.6 is 11.5 Å². The third-order valence-corrected chi connectivity index (χ3v) is 3.46. The number of esters is 1. The van der Waals surface area contributed by atoms with Crippen LogP contribution in [0.5, 0.6) is 0 Å². The van der Waals surface area contributed by atoms with E-state index in [1.165, 1.54) is 18.6 Å². The summed E-state index contributed by atoms with van der Waals surface area (Å²) in [5, 5.41) is 3.71. The molecule has 0 bridgehead atoms. The van der Waals surface area contributed by atoms with Crippen LogP contribution in [0.3, 0.4) is 0 Å². The van der Waals surface area contributed by atoms with Gasteiger partial charge < -0.3 is 10.1 Å². The molecule has 1 aromatic heterocycles. The lowest BCUT2D eigenvalue weighted by Crippen LogP contribution is -2.22. The SMILES string of the molecule is COC(=O)C(Nc1nc(C(C)C)ns1)c1ccccc1. The lowest BCUT2D eigenvalue weighted by Gasteiger charge is -2.15. The number of rotatable bonds is 5. The fourth-order valence-electron chi connectivity index (χ4n) is 1.69. The Labute approximate surface area is 122 Å². The van der Waals surface area contributed by atoms with Gasteiger partial charge in [0.15, 0.2) is 6.04 Å². The number of aromatic nitrogens is 2. The van der Waals surface area contributed by atoms with Crippen molar-refractivity contribution in [3.63, 3.8) is 0 Å². The minimum absolute atomic E-state index is 0.259. The van der Waals surface area contributed by atoms with E-state index >= 15 is 0 Å².